The molecule has 10 heteroatoms. The summed E-state index contributed by atoms with van der Waals surface area (Å²) in [5.74, 6) is -0.200. The highest BCUT2D eigenvalue weighted by Gasteiger charge is 2.34. The highest BCUT2D eigenvalue weighted by Crippen LogP contribution is 2.27. The van der Waals surface area contributed by atoms with Crippen molar-refractivity contribution in [3.05, 3.63) is 47.8 Å². The number of sulfonamides is 1. The monoisotopic (exact) mass is 427 g/mol. The molecule has 3 rings (SSSR count). The number of rotatable bonds is 7. The predicted octanol–water partition coefficient (Wildman–Crippen LogP) is 0.548. The average molecular weight is 428 g/mol. The lowest BCUT2D eigenvalue weighted by Crippen LogP contribution is -2.39. The fourth-order valence-electron chi connectivity index (χ4n) is 3.24. The summed E-state index contributed by atoms with van der Waals surface area (Å²) in [7, 11) is -1.72. The molecule has 0 spiro atoms. The quantitative estimate of drug-likeness (QED) is 0.559. The first kappa shape index (κ1) is 22.4. The van der Waals surface area contributed by atoms with Crippen molar-refractivity contribution in [3.63, 3.8) is 0 Å². The van der Waals surface area contributed by atoms with Crippen LogP contribution >= 0.6 is 12.4 Å². The van der Waals surface area contributed by atoms with Crippen molar-refractivity contribution in [3.8, 4) is 0 Å². The molecule has 1 aliphatic heterocycles. The van der Waals surface area contributed by atoms with Crippen LogP contribution in [0.1, 0.15) is 17.0 Å². The number of carbonyl (C=O) groups excluding carboxylic acids is 1. The van der Waals surface area contributed by atoms with E-state index >= 15 is 0 Å². The number of aromatic nitrogens is 2. The van der Waals surface area contributed by atoms with E-state index in [-0.39, 0.29) is 48.1 Å². The van der Waals surface area contributed by atoms with Crippen LogP contribution in [0.5, 0.6) is 0 Å². The van der Waals surface area contributed by atoms with Gasteiger partial charge in [-0.05, 0) is 24.6 Å². The van der Waals surface area contributed by atoms with Crippen molar-refractivity contribution in [2.24, 2.45) is 13.0 Å². The minimum Gasteiger partial charge on any atom is -0.354 e. The van der Waals surface area contributed by atoms with E-state index in [9.17, 15) is 13.2 Å². The lowest BCUT2D eigenvalue weighted by atomic mass is 9.90. The van der Waals surface area contributed by atoms with Crippen LogP contribution in [0.3, 0.4) is 0 Å². The zero-order valence-corrected chi connectivity index (χ0v) is 17.5. The number of nitrogens with one attached hydrogen (secondary N) is 3. The Bertz CT molecular complexity index is 898. The number of amides is 1. The molecule has 0 unspecified atom stereocenters. The maximum atomic E-state index is 12.5. The Kier molecular flexibility index (Phi) is 7.59. The van der Waals surface area contributed by atoms with Gasteiger partial charge in [0.1, 0.15) is 0 Å². The van der Waals surface area contributed by atoms with Gasteiger partial charge >= 0.3 is 0 Å². The summed E-state index contributed by atoms with van der Waals surface area (Å²) in [5.41, 5.74) is 2.03. The number of nitrogens with zero attached hydrogens (tertiary/aromatic N) is 2. The van der Waals surface area contributed by atoms with Gasteiger partial charge in [-0.1, -0.05) is 17.7 Å². The number of hydrogen-bond donors (Lipinski definition) is 3. The van der Waals surface area contributed by atoms with Crippen LogP contribution in [0.25, 0.3) is 0 Å². The minimum atomic E-state index is -3.57. The Balaban J connectivity index is 0.00000280. The van der Waals surface area contributed by atoms with Crippen LogP contribution in [-0.4, -0.2) is 50.3 Å². The van der Waals surface area contributed by atoms with Crippen molar-refractivity contribution < 1.29 is 13.2 Å². The van der Waals surface area contributed by atoms with Gasteiger partial charge in [0.05, 0.1) is 17.0 Å². The van der Waals surface area contributed by atoms with E-state index < -0.39 is 10.0 Å². The van der Waals surface area contributed by atoms with E-state index in [1.54, 1.807) is 35.1 Å². The summed E-state index contributed by atoms with van der Waals surface area (Å²) in [4.78, 5) is 12.7. The summed E-state index contributed by atoms with van der Waals surface area (Å²) in [6, 6.07) is 6.64. The molecule has 1 amide bonds. The van der Waals surface area contributed by atoms with E-state index in [0.29, 0.717) is 6.54 Å². The van der Waals surface area contributed by atoms with Gasteiger partial charge in [0, 0.05) is 45.3 Å². The lowest BCUT2D eigenvalue weighted by Gasteiger charge is -2.17. The van der Waals surface area contributed by atoms with E-state index in [1.165, 1.54) is 0 Å². The molecule has 1 fully saturated rings. The van der Waals surface area contributed by atoms with Gasteiger partial charge in [0.25, 0.3) is 0 Å². The molecule has 1 aliphatic rings. The van der Waals surface area contributed by atoms with Gasteiger partial charge in [0.2, 0.25) is 15.9 Å². The standard InChI is InChI=1S/C18H25N5O3S.ClH/c1-13-3-5-15(6-4-13)27(25,26)22-8-7-20-18(24)17-11-19-10-16(17)14-9-21-23(2)12-14;/h3-6,9,12,16-17,19,22H,7-8,10-11H2,1-2H3,(H,20,24);1H/t16-,17+;/m1./s1. The molecule has 154 valence electrons. The van der Waals surface area contributed by atoms with Gasteiger partial charge in [-0.2, -0.15) is 5.10 Å². The van der Waals surface area contributed by atoms with E-state index in [4.69, 9.17) is 0 Å². The van der Waals surface area contributed by atoms with Gasteiger partial charge in [-0.3, -0.25) is 9.48 Å². The summed E-state index contributed by atoms with van der Waals surface area (Å²) in [5, 5.41) is 10.2. The third kappa shape index (κ3) is 5.32. The third-order valence-electron chi connectivity index (χ3n) is 4.75. The van der Waals surface area contributed by atoms with Crippen molar-refractivity contribution in [2.45, 2.75) is 17.7 Å². The Morgan fingerprint density at radius 2 is 1.96 bits per heavy atom. The Labute approximate surface area is 171 Å². The molecule has 2 atom stereocenters. The first-order valence-electron chi connectivity index (χ1n) is 8.90. The highest BCUT2D eigenvalue weighted by molar-refractivity contribution is 7.89. The fraction of sp³-hybridized carbons (Fsp3) is 0.444. The summed E-state index contributed by atoms with van der Waals surface area (Å²) in [6.07, 6.45) is 3.71. The highest BCUT2D eigenvalue weighted by atomic mass is 35.5. The molecular formula is C18H26ClN5O3S. The molecule has 8 nitrogen and oxygen atoms in total. The maximum absolute atomic E-state index is 12.5. The normalized spacial score (nSPS) is 19.2. The second-order valence-electron chi connectivity index (χ2n) is 6.82. The smallest absolute Gasteiger partial charge is 0.240 e. The molecule has 0 aliphatic carbocycles. The molecule has 0 radical (unpaired) electrons. The van der Waals surface area contributed by atoms with Crippen LogP contribution in [0.2, 0.25) is 0 Å². The lowest BCUT2D eigenvalue weighted by molar-refractivity contribution is -0.124. The van der Waals surface area contributed by atoms with Crippen LogP contribution in [0.4, 0.5) is 0 Å². The number of aryl methyl sites for hydroxylation is 2. The molecule has 1 aromatic carbocycles. The molecule has 1 saturated heterocycles. The number of hydrogen-bond acceptors (Lipinski definition) is 5. The van der Waals surface area contributed by atoms with E-state index in [2.05, 4.69) is 20.5 Å². The van der Waals surface area contributed by atoms with Crippen LogP contribution in [0, 0.1) is 12.8 Å². The minimum absolute atomic E-state index is 0. The van der Waals surface area contributed by atoms with Gasteiger partial charge in [-0.25, -0.2) is 13.1 Å². The second-order valence-corrected chi connectivity index (χ2v) is 8.59. The fourth-order valence-corrected chi connectivity index (χ4v) is 4.27. The summed E-state index contributed by atoms with van der Waals surface area (Å²) >= 11 is 0. The molecule has 0 bridgehead atoms. The van der Waals surface area contributed by atoms with Gasteiger partial charge in [-0.15, -0.1) is 12.4 Å². The predicted molar refractivity (Wildman–Crippen MR) is 109 cm³/mol. The first-order chi connectivity index (χ1) is 12.9. The third-order valence-corrected chi connectivity index (χ3v) is 6.23. The van der Waals surface area contributed by atoms with E-state index in [1.807, 2.05) is 20.2 Å². The molecule has 2 aromatic rings. The largest absolute Gasteiger partial charge is 0.354 e. The Morgan fingerprint density at radius 1 is 1.25 bits per heavy atom. The van der Waals surface area contributed by atoms with E-state index in [0.717, 1.165) is 17.7 Å². The van der Waals surface area contributed by atoms with Crippen molar-refractivity contribution >= 4 is 28.3 Å². The molecule has 28 heavy (non-hydrogen) atoms. The van der Waals surface area contributed by atoms with Crippen molar-refractivity contribution in [2.75, 3.05) is 26.2 Å². The molecular weight excluding hydrogens is 402 g/mol. The SMILES string of the molecule is Cc1ccc(S(=O)(=O)NCCNC(=O)[C@H]2CNC[C@@H]2c2cnn(C)c2)cc1.Cl. The average Bonchev–Trinajstić information content (AvgIpc) is 3.27. The number of benzene rings is 1. The van der Waals surface area contributed by atoms with Crippen molar-refractivity contribution in [1.29, 1.82) is 0 Å². The number of halogens is 1. The van der Waals surface area contributed by atoms with Crippen molar-refractivity contribution in [1.82, 2.24) is 25.1 Å². The second kappa shape index (κ2) is 9.51. The summed E-state index contributed by atoms with van der Waals surface area (Å²) < 4.78 is 28.7. The molecule has 0 saturated carbocycles. The molecule has 2 heterocycles. The van der Waals surface area contributed by atoms with Gasteiger partial charge < -0.3 is 10.6 Å². The zero-order chi connectivity index (χ0) is 19.4. The molecule has 3 N–H and O–H groups in total. The topological polar surface area (TPSA) is 105 Å². The zero-order valence-electron chi connectivity index (χ0n) is 15.9. The Morgan fingerprint density at radius 3 is 2.61 bits per heavy atom. The Hall–Kier alpha value is -1.94. The van der Waals surface area contributed by atoms with Crippen LogP contribution in [0.15, 0.2) is 41.6 Å². The van der Waals surface area contributed by atoms with Crippen LogP contribution < -0.4 is 15.4 Å². The first-order valence-corrected chi connectivity index (χ1v) is 10.4. The molecule has 1 aromatic heterocycles. The van der Waals surface area contributed by atoms with Crippen LogP contribution in [-0.2, 0) is 21.9 Å². The maximum Gasteiger partial charge on any atom is 0.240 e. The summed E-state index contributed by atoms with van der Waals surface area (Å²) in [6.45, 7) is 3.60. The van der Waals surface area contributed by atoms with Gasteiger partial charge in [0.15, 0.2) is 0 Å². The number of carbonyl (C=O) groups is 1.